The molecule has 1 unspecified atom stereocenters. The molecular weight excluding hydrogens is 318 g/mol. The quantitative estimate of drug-likeness (QED) is 0.551. The number of rotatable bonds is 5. The van der Waals surface area contributed by atoms with Crippen LogP contribution in [0, 0.1) is 0 Å². The number of hydrogen-bond donors (Lipinski definition) is 2. The molecule has 25 heavy (non-hydrogen) atoms. The van der Waals surface area contributed by atoms with Crippen molar-refractivity contribution in [2.75, 3.05) is 20.6 Å². The highest BCUT2D eigenvalue weighted by Gasteiger charge is 2.27. The first-order valence-corrected chi connectivity index (χ1v) is 8.15. The molecule has 6 nitrogen and oxygen atoms in total. The predicted molar refractivity (Wildman–Crippen MR) is 97.3 cm³/mol. The average molecular weight is 341 g/mol. The monoisotopic (exact) mass is 341 g/mol. The van der Waals surface area contributed by atoms with Crippen molar-refractivity contribution in [3.8, 4) is 0 Å². The van der Waals surface area contributed by atoms with Gasteiger partial charge in [-0.25, -0.2) is 0 Å². The van der Waals surface area contributed by atoms with Crippen LogP contribution in [0.25, 0.3) is 11.0 Å². The Bertz CT molecular complexity index is 817. The Morgan fingerprint density at radius 1 is 1.28 bits per heavy atom. The fourth-order valence-electron chi connectivity index (χ4n) is 2.73. The first-order chi connectivity index (χ1) is 12.0. The predicted octanol–water partition coefficient (Wildman–Crippen LogP) is 2.94. The van der Waals surface area contributed by atoms with Gasteiger partial charge in [0.1, 0.15) is 22.7 Å². The minimum atomic E-state index is -1.13. The van der Waals surface area contributed by atoms with Gasteiger partial charge in [-0.15, -0.1) is 0 Å². The van der Waals surface area contributed by atoms with Crippen molar-refractivity contribution in [3.63, 3.8) is 0 Å². The van der Waals surface area contributed by atoms with E-state index in [2.05, 4.69) is 10.3 Å². The molecule has 3 aromatic rings. The number of furan rings is 2. The summed E-state index contributed by atoms with van der Waals surface area (Å²) in [6, 6.07) is 13.5. The summed E-state index contributed by atoms with van der Waals surface area (Å²) in [6.07, 6.45) is 1.55. The minimum Gasteiger partial charge on any atom is -0.466 e. The minimum absolute atomic E-state index is 0.275. The van der Waals surface area contributed by atoms with Crippen LogP contribution in [0.5, 0.6) is 0 Å². The van der Waals surface area contributed by atoms with E-state index in [0.717, 1.165) is 16.7 Å². The van der Waals surface area contributed by atoms with Gasteiger partial charge in [0.05, 0.1) is 19.4 Å². The smallest absolute Gasteiger partial charge is 0.193 e. The van der Waals surface area contributed by atoms with Crippen molar-refractivity contribution in [2.45, 2.75) is 19.1 Å². The van der Waals surface area contributed by atoms with Gasteiger partial charge in [0.15, 0.2) is 5.96 Å². The molecule has 2 heterocycles. The lowest BCUT2D eigenvalue weighted by Gasteiger charge is -2.26. The van der Waals surface area contributed by atoms with E-state index in [1.807, 2.05) is 42.3 Å². The van der Waals surface area contributed by atoms with E-state index >= 15 is 0 Å². The number of aliphatic hydroxyl groups is 1. The van der Waals surface area contributed by atoms with E-state index in [9.17, 15) is 5.11 Å². The van der Waals surface area contributed by atoms with Crippen molar-refractivity contribution >= 4 is 16.9 Å². The molecular formula is C19H23N3O3. The summed E-state index contributed by atoms with van der Waals surface area (Å²) in [4.78, 5) is 6.21. The van der Waals surface area contributed by atoms with Crippen LogP contribution in [-0.4, -0.2) is 36.6 Å². The van der Waals surface area contributed by atoms with E-state index in [-0.39, 0.29) is 6.54 Å². The Balaban J connectivity index is 1.64. The van der Waals surface area contributed by atoms with E-state index in [4.69, 9.17) is 8.83 Å². The fourth-order valence-corrected chi connectivity index (χ4v) is 2.73. The van der Waals surface area contributed by atoms with Gasteiger partial charge in [-0.1, -0.05) is 18.2 Å². The molecule has 132 valence electrons. The van der Waals surface area contributed by atoms with E-state index in [1.165, 1.54) is 0 Å². The highest BCUT2D eigenvalue weighted by molar-refractivity contribution is 5.80. The molecule has 0 aliphatic rings. The molecule has 0 fully saturated rings. The number of benzene rings is 1. The Kier molecular flexibility index (Phi) is 4.81. The Morgan fingerprint density at radius 2 is 2.08 bits per heavy atom. The number of hydrogen-bond acceptors (Lipinski definition) is 4. The van der Waals surface area contributed by atoms with Crippen molar-refractivity contribution in [3.05, 3.63) is 60.2 Å². The number of nitrogens with one attached hydrogen (secondary N) is 1. The van der Waals surface area contributed by atoms with Gasteiger partial charge in [-0.05, 0) is 31.2 Å². The number of para-hydroxylation sites is 1. The maximum atomic E-state index is 10.5. The largest absolute Gasteiger partial charge is 0.466 e. The topological polar surface area (TPSA) is 74.1 Å². The number of nitrogens with zero attached hydrogens (tertiary/aromatic N) is 2. The average Bonchev–Trinajstić information content (AvgIpc) is 3.24. The van der Waals surface area contributed by atoms with Crippen LogP contribution in [0.4, 0.5) is 0 Å². The molecule has 0 aliphatic heterocycles. The summed E-state index contributed by atoms with van der Waals surface area (Å²) in [5.41, 5.74) is -0.255. The third kappa shape index (κ3) is 3.85. The van der Waals surface area contributed by atoms with Gasteiger partial charge in [-0.2, -0.15) is 0 Å². The van der Waals surface area contributed by atoms with Gasteiger partial charge in [0, 0.05) is 19.5 Å². The Morgan fingerprint density at radius 3 is 2.76 bits per heavy atom. The Labute approximate surface area is 146 Å². The summed E-state index contributed by atoms with van der Waals surface area (Å²) in [5, 5.41) is 14.8. The van der Waals surface area contributed by atoms with Gasteiger partial charge >= 0.3 is 0 Å². The van der Waals surface area contributed by atoms with Gasteiger partial charge in [0.2, 0.25) is 0 Å². The molecule has 0 saturated carbocycles. The highest BCUT2D eigenvalue weighted by atomic mass is 16.4. The molecule has 6 heteroatoms. The first kappa shape index (κ1) is 17.1. The normalized spacial score (nSPS) is 14.5. The summed E-state index contributed by atoms with van der Waals surface area (Å²) in [5.74, 6) is 2.02. The molecule has 0 radical (unpaired) electrons. The highest BCUT2D eigenvalue weighted by Crippen LogP contribution is 2.21. The van der Waals surface area contributed by atoms with Crippen LogP contribution in [0.15, 0.2) is 62.6 Å². The van der Waals surface area contributed by atoms with Crippen LogP contribution < -0.4 is 5.32 Å². The summed E-state index contributed by atoms with van der Waals surface area (Å²) < 4.78 is 11.1. The van der Waals surface area contributed by atoms with Crippen LogP contribution in [0.3, 0.4) is 0 Å². The zero-order chi connectivity index (χ0) is 17.9. The van der Waals surface area contributed by atoms with Crippen molar-refractivity contribution in [1.29, 1.82) is 0 Å². The molecule has 0 spiro atoms. The second kappa shape index (κ2) is 7.03. The van der Waals surface area contributed by atoms with Gasteiger partial charge in [0.25, 0.3) is 0 Å². The van der Waals surface area contributed by atoms with Crippen LogP contribution in [0.1, 0.15) is 18.4 Å². The molecule has 3 rings (SSSR count). The first-order valence-electron chi connectivity index (χ1n) is 8.15. The standard InChI is InChI=1S/C19H23N3O3/c1-19(23,17-9-6-10-24-17)13-21-18(20-2)22(3)12-15-11-14-7-4-5-8-16(14)25-15/h4-11,23H,12-13H2,1-3H3,(H,20,21). The maximum Gasteiger partial charge on any atom is 0.193 e. The van der Waals surface area contributed by atoms with Crippen LogP contribution in [0.2, 0.25) is 0 Å². The lowest BCUT2D eigenvalue weighted by atomic mass is 10.0. The van der Waals surface area contributed by atoms with Crippen LogP contribution >= 0.6 is 0 Å². The molecule has 0 saturated heterocycles. The molecule has 2 aromatic heterocycles. The summed E-state index contributed by atoms with van der Waals surface area (Å²) >= 11 is 0. The van der Waals surface area contributed by atoms with E-state index in [0.29, 0.717) is 18.3 Å². The van der Waals surface area contributed by atoms with E-state index in [1.54, 1.807) is 32.4 Å². The molecule has 0 amide bonds. The lowest BCUT2D eigenvalue weighted by molar-refractivity contribution is 0.0380. The fraction of sp³-hybridized carbons (Fsp3) is 0.316. The number of fused-ring (bicyclic) bond motifs is 1. The molecule has 2 N–H and O–H groups in total. The van der Waals surface area contributed by atoms with Gasteiger partial charge < -0.3 is 24.2 Å². The molecule has 1 aromatic carbocycles. The second-order valence-corrected chi connectivity index (χ2v) is 6.26. The molecule has 0 aliphatic carbocycles. The number of aliphatic imine (C=N–C) groups is 1. The summed E-state index contributed by atoms with van der Waals surface area (Å²) in [7, 11) is 3.63. The molecule has 1 atom stereocenters. The maximum absolute atomic E-state index is 10.5. The number of guanidine groups is 1. The van der Waals surface area contributed by atoms with Crippen LogP contribution in [-0.2, 0) is 12.1 Å². The lowest BCUT2D eigenvalue weighted by Crippen LogP contribution is -2.44. The van der Waals surface area contributed by atoms with Crippen molar-refractivity contribution < 1.29 is 13.9 Å². The zero-order valence-electron chi connectivity index (χ0n) is 14.7. The summed E-state index contributed by atoms with van der Waals surface area (Å²) in [6.45, 7) is 2.54. The van der Waals surface area contributed by atoms with Crippen molar-refractivity contribution in [2.24, 2.45) is 4.99 Å². The SMILES string of the molecule is CN=C(NCC(C)(O)c1ccco1)N(C)Cc1cc2ccccc2o1. The van der Waals surface area contributed by atoms with Crippen molar-refractivity contribution in [1.82, 2.24) is 10.2 Å². The second-order valence-electron chi connectivity index (χ2n) is 6.26. The molecule has 0 bridgehead atoms. The zero-order valence-corrected chi connectivity index (χ0v) is 14.7. The third-order valence-corrected chi connectivity index (χ3v) is 4.09. The Hall–Kier alpha value is -2.73. The van der Waals surface area contributed by atoms with E-state index < -0.39 is 5.60 Å². The van der Waals surface area contributed by atoms with Gasteiger partial charge in [-0.3, -0.25) is 4.99 Å². The third-order valence-electron chi connectivity index (χ3n) is 4.09.